The SMILES string of the molecule is [CH2]CSC(=N)NN. The molecule has 0 saturated heterocycles. The van der Waals surface area contributed by atoms with Crippen LogP contribution in [0, 0.1) is 12.3 Å². The van der Waals surface area contributed by atoms with Crippen LogP contribution in [0.4, 0.5) is 0 Å². The minimum absolute atomic E-state index is 0.259. The molecular formula is C3H8N3S. The summed E-state index contributed by atoms with van der Waals surface area (Å²) in [5.74, 6) is 5.48. The highest BCUT2D eigenvalue weighted by Gasteiger charge is 1.85. The number of nitrogens with two attached hydrogens (primary N) is 1. The summed E-state index contributed by atoms with van der Waals surface area (Å²) in [6, 6.07) is 0. The maximum Gasteiger partial charge on any atom is 0.167 e. The van der Waals surface area contributed by atoms with E-state index in [4.69, 9.17) is 11.3 Å². The number of hydrazine groups is 1. The predicted octanol–water partition coefficient (Wildman–Crippen LogP) is -0.0482. The van der Waals surface area contributed by atoms with Crippen LogP contribution in [0.5, 0.6) is 0 Å². The van der Waals surface area contributed by atoms with Crippen LogP contribution >= 0.6 is 11.8 Å². The van der Waals surface area contributed by atoms with Gasteiger partial charge in [0.15, 0.2) is 5.17 Å². The van der Waals surface area contributed by atoms with Gasteiger partial charge in [0.1, 0.15) is 0 Å². The lowest BCUT2D eigenvalue weighted by atomic mass is 11.0. The molecule has 0 aromatic carbocycles. The maximum absolute atomic E-state index is 6.82. The fourth-order valence-corrected chi connectivity index (χ4v) is 0.431. The fourth-order valence-electron chi connectivity index (χ4n) is 0.144. The molecule has 41 valence electrons. The molecule has 0 aliphatic heterocycles. The average Bonchev–Trinajstić information content (AvgIpc) is 1.68. The van der Waals surface area contributed by atoms with Crippen molar-refractivity contribution in [2.45, 2.75) is 0 Å². The van der Waals surface area contributed by atoms with Gasteiger partial charge >= 0.3 is 0 Å². The molecule has 0 unspecified atom stereocenters. The smallest absolute Gasteiger partial charge is 0.167 e. The number of amidine groups is 1. The standard InChI is InChI=1S/C3H8N3S/c1-2-7-3(4)6-5/h1-2,5H2,(H2,4,6). The molecule has 1 radical (unpaired) electrons. The first-order chi connectivity index (χ1) is 3.31. The minimum atomic E-state index is 0.259. The Kier molecular flexibility index (Phi) is 3.83. The highest BCUT2D eigenvalue weighted by atomic mass is 32.2. The lowest BCUT2D eigenvalue weighted by Gasteiger charge is -1.95. The number of thioether (sulfide) groups is 1. The van der Waals surface area contributed by atoms with E-state index in [0.717, 1.165) is 0 Å². The van der Waals surface area contributed by atoms with E-state index in [1.54, 1.807) is 0 Å². The van der Waals surface area contributed by atoms with Crippen LogP contribution in [-0.4, -0.2) is 10.9 Å². The molecule has 0 aromatic rings. The molecule has 0 bridgehead atoms. The van der Waals surface area contributed by atoms with Crippen molar-refractivity contribution in [3.63, 3.8) is 0 Å². The fraction of sp³-hybridized carbons (Fsp3) is 0.333. The Labute approximate surface area is 47.1 Å². The van der Waals surface area contributed by atoms with Gasteiger partial charge in [-0.1, -0.05) is 11.8 Å². The van der Waals surface area contributed by atoms with Crippen molar-refractivity contribution in [1.29, 1.82) is 5.41 Å². The second-order valence-corrected chi connectivity index (χ2v) is 1.93. The van der Waals surface area contributed by atoms with Crippen LogP contribution in [0.15, 0.2) is 0 Å². The van der Waals surface area contributed by atoms with Crippen LogP contribution in [0.1, 0.15) is 0 Å². The lowest BCUT2D eigenvalue weighted by molar-refractivity contribution is 1.04. The van der Waals surface area contributed by atoms with Crippen LogP contribution in [0.3, 0.4) is 0 Å². The lowest BCUT2D eigenvalue weighted by Crippen LogP contribution is -2.26. The second-order valence-electron chi connectivity index (χ2n) is 0.822. The molecular weight excluding hydrogens is 110 g/mol. The normalized spacial score (nSPS) is 8.29. The van der Waals surface area contributed by atoms with Gasteiger partial charge in [-0.3, -0.25) is 5.41 Å². The van der Waals surface area contributed by atoms with Crippen molar-refractivity contribution in [1.82, 2.24) is 5.43 Å². The van der Waals surface area contributed by atoms with E-state index in [-0.39, 0.29) is 5.17 Å². The van der Waals surface area contributed by atoms with Gasteiger partial charge in [-0.25, -0.2) is 5.84 Å². The predicted molar refractivity (Wildman–Crippen MR) is 32.9 cm³/mol. The molecule has 0 aliphatic rings. The van der Waals surface area contributed by atoms with Crippen LogP contribution < -0.4 is 11.3 Å². The van der Waals surface area contributed by atoms with Gasteiger partial charge in [-0.2, -0.15) is 0 Å². The molecule has 7 heavy (non-hydrogen) atoms. The highest BCUT2D eigenvalue weighted by Crippen LogP contribution is 1.94. The number of hydrogen-bond donors (Lipinski definition) is 3. The van der Waals surface area contributed by atoms with Gasteiger partial charge in [0.2, 0.25) is 0 Å². The van der Waals surface area contributed by atoms with Gasteiger partial charge in [0, 0.05) is 5.75 Å². The summed E-state index contributed by atoms with van der Waals surface area (Å²) in [6.45, 7) is 3.50. The van der Waals surface area contributed by atoms with Crippen molar-refractivity contribution in [2.75, 3.05) is 5.75 Å². The van der Waals surface area contributed by atoms with Gasteiger partial charge in [-0.05, 0) is 6.92 Å². The zero-order chi connectivity index (χ0) is 5.70. The molecule has 0 aliphatic carbocycles. The van der Waals surface area contributed by atoms with Crippen molar-refractivity contribution >= 4 is 16.9 Å². The molecule has 4 N–H and O–H groups in total. The summed E-state index contributed by atoms with van der Waals surface area (Å²) in [5, 5.41) is 7.08. The van der Waals surface area contributed by atoms with E-state index in [1.807, 2.05) is 0 Å². The van der Waals surface area contributed by atoms with Gasteiger partial charge < -0.3 is 5.43 Å². The molecule has 0 spiro atoms. The van der Waals surface area contributed by atoms with Crippen molar-refractivity contribution < 1.29 is 0 Å². The van der Waals surface area contributed by atoms with E-state index in [2.05, 4.69) is 12.3 Å². The Morgan fingerprint density at radius 2 is 2.57 bits per heavy atom. The Morgan fingerprint density at radius 1 is 2.00 bits per heavy atom. The van der Waals surface area contributed by atoms with E-state index in [9.17, 15) is 0 Å². The molecule has 0 aromatic heterocycles. The molecule has 3 nitrogen and oxygen atoms in total. The second kappa shape index (κ2) is 3.95. The largest absolute Gasteiger partial charge is 0.303 e. The summed E-state index contributed by atoms with van der Waals surface area (Å²) in [4.78, 5) is 0. The quantitative estimate of drug-likeness (QED) is 0.196. The Hall–Kier alpha value is -0.220. The van der Waals surface area contributed by atoms with Crippen LogP contribution in [-0.2, 0) is 0 Å². The third kappa shape index (κ3) is 3.61. The number of rotatable bonds is 1. The molecule has 0 saturated carbocycles. The van der Waals surface area contributed by atoms with E-state index in [0.29, 0.717) is 5.75 Å². The monoisotopic (exact) mass is 118 g/mol. The zero-order valence-electron chi connectivity index (χ0n) is 3.90. The van der Waals surface area contributed by atoms with Gasteiger partial charge in [0.25, 0.3) is 0 Å². The highest BCUT2D eigenvalue weighted by molar-refractivity contribution is 8.13. The summed E-state index contributed by atoms with van der Waals surface area (Å²) in [7, 11) is 0. The van der Waals surface area contributed by atoms with Crippen molar-refractivity contribution in [2.24, 2.45) is 5.84 Å². The summed E-state index contributed by atoms with van der Waals surface area (Å²) in [6.07, 6.45) is 0. The van der Waals surface area contributed by atoms with E-state index >= 15 is 0 Å². The molecule has 0 rings (SSSR count). The summed E-state index contributed by atoms with van der Waals surface area (Å²) < 4.78 is 0. The van der Waals surface area contributed by atoms with E-state index in [1.165, 1.54) is 11.8 Å². The molecule has 0 amide bonds. The first-order valence-corrected chi connectivity index (χ1v) is 2.77. The topological polar surface area (TPSA) is 61.9 Å². The maximum atomic E-state index is 6.82. The Balaban J connectivity index is 3.00. The molecule has 0 atom stereocenters. The Morgan fingerprint density at radius 3 is 2.71 bits per heavy atom. The van der Waals surface area contributed by atoms with Crippen molar-refractivity contribution in [3.8, 4) is 0 Å². The number of nitrogens with one attached hydrogen (secondary N) is 2. The zero-order valence-corrected chi connectivity index (χ0v) is 4.72. The van der Waals surface area contributed by atoms with Crippen LogP contribution in [0.2, 0.25) is 0 Å². The van der Waals surface area contributed by atoms with Gasteiger partial charge in [0.05, 0.1) is 0 Å². The minimum Gasteiger partial charge on any atom is -0.303 e. The van der Waals surface area contributed by atoms with Crippen LogP contribution in [0.25, 0.3) is 0 Å². The first kappa shape index (κ1) is 6.78. The molecule has 4 heteroatoms. The first-order valence-electron chi connectivity index (χ1n) is 1.78. The van der Waals surface area contributed by atoms with E-state index < -0.39 is 0 Å². The third-order valence-corrected chi connectivity index (χ3v) is 0.988. The molecule has 0 heterocycles. The molecule has 0 fully saturated rings. The Bertz CT molecular complexity index is 63.2. The third-order valence-electron chi connectivity index (χ3n) is 0.377. The average molecular weight is 118 g/mol. The summed E-state index contributed by atoms with van der Waals surface area (Å²) >= 11 is 1.27. The van der Waals surface area contributed by atoms with Crippen molar-refractivity contribution in [3.05, 3.63) is 6.92 Å². The van der Waals surface area contributed by atoms with Gasteiger partial charge in [-0.15, -0.1) is 0 Å². The summed E-state index contributed by atoms with van der Waals surface area (Å²) in [5.41, 5.74) is 2.17. The number of hydrogen-bond acceptors (Lipinski definition) is 3.